The average Bonchev–Trinajstić information content (AvgIpc) is 2.83. The number of sulfonamides is 1. The van der Waals surface area contributed by atoms with Crippen molar-refractivity contribution in [3.8, 4) is 0 Å². The third-order valence-corrected chi connectivity index (χ3v) is 4.60. The van der Waals surface area contributed by atoms with E-state index in [4.69, 9.17) is 11.6 Å². The third-order valence-electron chi connectivity index (χ3n) is 2.42. The van der Waals surface area contributed by atoms with Gasteiger partial charge in [0.2, 0.25) is 0 Å². The Morgan fingerprint density at radius 3 is 2.84 bits per heavy atom. The molecule has 0 bridgehead atoms. The molecule has 2 rings (SSSR count). The molecular weight excluding hydrogens is 354 g/mol. The fraction of sp³-hybridized carbons (Fsp3) is 0.182. The Kier molecular flexibility index (Phi) is 4.17. The van der Waals surface area contributed by atoms with E-state index in [1.54, 1.807) is 16.7 Å². The highest BCUT2D eigenvalue weighted by molar-refractivity contribution is 9.10. The molecule has 0 spiro atoms. The van der Waals surface area contributed by atoms with Crippen molar-refractivity contribution in [1.82, 2.24) is 9.55 Å². The Labute approximate surface area is 124 Å². The van der Waals surface area contributed by atoms with Gasteiger partial charge in [0.25, 0.3) is 10.0 Å². The maximum atomic E-state index is 12.1. The summed E-state index contributed by atoms with van der Waals surface area (Å²) in [5.74, 6) is 0. The summed E-state index contributed by atoms with van der Waals surface area (Å²) in [5, 5.41) is 0.418. The molecular formula is C11H11BrClN3O2S. The normalized spacial score (nSPS) is 11.5. The maximum absolute atomic E-state index is 12.1. The molecule has 0 saturated carbocycles. The number of aryl methyl sites for hydroxylation is 1. The Hall–Kier alpha value is -1.05. The number of nitrogens with one attached hydrogen (secondary N) is 1. The lowest BCUT2D eigenvalue weighted by molar-refractivity contribution is 0.598. The van der Waals surface area contributed by atoms with Crippen molar-refractivity contribution in [2.75, 3.05) is 4.72 Å². The van der Waals surface area contributed by atoms with Crippen molar-refractivity contribution < 1.29 is 8.42 Å². The first-order valence-corrected chi connectivity index (χ1v) is 8.07. The minimum Gasteiger partial charge on any atom is -0.336 e. The topological polar surface area (TPSA) is 64.0 Å². The Morgan fingerprint density at radius 1 is 1.47 bits per heavy atom. The van der Waals surface area contributed by atoms with Crippen LogP contribution >= 0.6 is 27.5 Å². The second-order valence-corrected chi connectivity index (χ2v) is 6.69. The maximum Gasteiger partial charge on any atom is 0.280 e. The van der Waals surface area contributed by atoms with Gasteiger partial charge in [-0.2, -0.15) is 8.42 Å². The number of rotatable bonds is 4. The van der Waals surface area contributed by atoms with Gasteiger partial charge < -0.3 is 4.57 Å². The zero-order valence-corrected chi connectivity index (χ0v) is 13.1. The highest BCUT2D eigenvalue weighted by atomic mass is 79.9. The lowest BCUT2D eigenvalue weighted by Gasteiger charge is -2.08. The Bertz CT molecular complexity index is 700. The summed E-state index contributed by atoms with van der Waals surface area (Å²) in [7, 11) is -3.71. The van der Waals surface area contributed by atoms with Crippen LogP contribution in [0, 0.1) is 0 Å². The number of hydrogen-bond acceptors (Lipinski definition) is 3. The van der Waals surface area contributed by atoms with Gasteiger partial charge in [-0.3, -0.25) is 4.72 Å². The van der Waals surface area contributed by atoms with Gasteiger partial charge in [0, 0.05) is 22.2 Å². The van der Waals surface area contributed by atoms with E-state index in [9.17, 15) is 8.42 Å². The molecule has 1 N–H and O–H groups in total. The highest BCUT2D eigenvalue weighted by Crippen LogP contribution is 2.27. The molecule has 0 atom stereocenters. The van der Waals surface area contributed by atoms with Gasteiger partial charge in [-0.05, 0) is 41.1 Å². The summed E-state index contributed by atoms with van der Waals surface area (Å²) in [6.45, 7) is 2.56. The van der Waals surface area contributed by atoms with Gasteiger partial charge in [-0.1, -0.05) is 11.6 Å². The molecule has 2 aromatic rings. The summed E-state index contributed by atoms with van der Waals surface area (Å²) in [5.41, 5.74) is 0.374. The fourth-order valence-corrected chi connectivity index (χ4v) is 3.10. The lowest BCUT2D eigenvalue weighted by atomic mass is 10.3. The largest absolute Gasteiger partial charge is 0.336 e. The van der Waals surface area contributed by atoms with Crippen LogP contribution in [0.2, 0.25) is 5.02 Å². The van der Waals surface area contributed by atoms with Crippen LogP contribution in [-0.4, -0.2) is 18.0 Å². The summed E-state index contributed by atoms with van der Waals surface area (Å²) >= 11 is 9.11. The first kappa shape index (κ1) is 14.4. The van der Waals surface area contributed by atoms with Gasteiger partial charge in [0.05, 0.1) is 12.0 Å². The fourth-order valence-electron chi connectivity index (χ4n) is 1.42. The van der Waals surface area contributed by atoms with Crippen LogP contribution in [0.1, 0.15) is 6.92 Å². The van der Waals surface area contributed by atoms with Crippen molar-refractivity contribution >= 4 is 43.2 Å². The van der Waals surface area contributed by atoms with Crippen LogP contribution in [0.3, 0.4) is 0 Å². The van der Waals surface area contributed by atoms with Gasteiger partial charge in [0.1, 0.15) is 0 Å². The molecule has 1 aromatic heterocycles. The minimum atomic E-state index is -3.71. The molecule has 102 valence electrons. The molecule has 0 saturated heterocycles. The van der Waals surface area contributed by atoms with Crippen LogP contribution in [0.15, 0.2) is 40.2 Å². The molecule has 1 aromatic carbocycles. The predicted octanol–water partition coefficient (Wildman–Crippen LogP) is 3.12. The summed E-state index contributed by atoms with van der Waals surface area (Å²) in [4.78, 5) is 3.87. The number of anilines is 1. The van der Waals surface area contributed by atoms with Crippen molar-refractivity contribution in [3.63, 3.8) is 0 Å². The molecule has 0 radical (unpaired) electrons. The van der Waals surface area contributed by atoms with Gasteiger partial charge >= 0.3 is 0 Å². The number of imidazole rings is 1. The SMILES string of the molecule is CCn1cnc(S(=O)(=O)Nc2cc(Cl)ccc2Br)c1. The van der Waals surface area contributed by atoms with Crippen molar-refractivity contribution in [2.45, 2.75) is 18.5 Å². The van der Waals surface area contributed by atoms with Gasteiger partial charge in [-0.15, -0.1) is 0 Å². The van der Waals surface area contributed by atoms with Crippen molar-refractivity contribution in [1.29, 1.82) is 0 Å². The Balaban J connectivity index is 2.33. The molecule has 8 heteroatoms. The molecule has 19 heavy (non-hydrogen) atoms. The van der Waals surface area contributed by atoms with E-state index < -0.39 is 10.0 Å². The van der Waals surface area contributed by atoms with Crippen LogP contribution in [0.25, 0.3) is 0 Å². The number of nitrogens with zero attached hydrogens (tertiary/aromatic N) is 2. The molecule has 5 nitrogen and oxygen atoms in total. The number of hydrogen-bond donors (Lipinski definition) is 1. The zero-order valence-electron chi connectivity index (χ0n) is 9.97. The number of benzene rings is 1. The predicted molar refractivity (Wildman–Crippen MR) is 77.9 cm³/mol. The smallest absolute Gasteiger partial charge is 0.280 e. The van der Waals surface area contributed by atoms with E-state index in [1.165, 1.54) is 18.6 Å². The molecule has 0 fully saturated rings. The Morgan fingerprint density at radius 2 is 2.21 bits per heavy atom. The number of halogens is 2. The van der Waals surface area contributed by atoms with E-state index in [0.29, 0.717) is 21.7 Å². The summed E-state index contributed by atoms with van der Waals surface area (Å²) in [6.07, 6.45) is 2.95. The summed E-state index contributed by atoms with van der Waals surface area (Å²) in [6, 6.07) is 4.86. The quantitative estimate of drug-likeness (QED) is 0.906. The zero-order chi connectivity index (χ0) is 14.0. The van der Waals surface area contributed by atoms with E-state index in [0.717, 1.165) is 0 Å². The van der Waals surface area contributed by atoms with Crippen LogP contribution in [-0.2, 0) is 16.6 Å². The van der Waals surface area contributed by atoms with Crippen LogP contribution in [0.4, 0.5) is 5.69 Å². The average molecular weight is 365 g/mol. The molecule has 0 amide bonds. The second kappa shape index (κ2) is 5.52. The molecule has 1 heterocycles. The molecule has 0 aliphatic heterocycles. The molecule has 0 aliphatic carbocycles. The minimum absolute atomic E-state index is 0.0266. The van der Waals surface area contributed by atoms with E-state index in [1.807, 2.05) is 6.92 Å². The molecule has 0 aliphatic rings. The molecule has 0 unspecified atom stereocenters. The van der Waals surface area contributed by atoms with E-state index in [2.05, 4.69) is 25.6 Å². The van der Waals surface area contributed by atoms with Crippen LogP contribution < -0.4 is 4.72 Å². The number of aromatic nitrogens is 2. The van der Waals surface area contributed by atoms with Gasteiger partial charge in [0.15, 0.2) is 5.03 Å². The van der Waals surface area contributed by atoms with Crippen LogP contribution in [0.5, 0.6) is 0 Å². The third kappa shape index (κ3) is 3.29. The second-order valence-electron chi connectivity index (χ2n) is 3.77. The monoisotopic (exact) mass is 363 g/mol. The van der Waals surface area contributed by atoms with E-state index >= 15 is 0 Å². The van der Waals surface area contributed by atoms with Crippen molar-refractivity contribution in [3.05, 3.63) is 40.2 Å². The lowest BCUT2D eigenvalue weighted by Crippen LogP contribution is -2.13. The summed E-state index contributed by atoms with van der Waals surface area (Å²) < 4.78 is 29.0. The highest BCUT2D eigenvalue weighted by Gasteiger charge is 2.18. The van der Waals surface area contributed by atoms with Crippen molar-refractivity contribution in [2.24, 2.45) is 0 Å². The standard InChI is InChI=1S/C11H11BrClN3O2S/c1-2-16-6-11(14-7-16)19(17,18)15-10-5-8(13)3-4-9(10)12/h3-7,15H,2H2,1H3. The van der Waals surface area contributed by atoms with E-state index in [-0.39, 0.29) is 5.03 Å². The van der Waals surface area contributed by atoms with Gasteiger partial charge in [-0.25, -0.2) is 4.98 Å². The first-order chi connectivity index (χ1) is 8.92. The first-order valence-electron chi connectivity index (χ1n) is 5.42.